The highest BCUT2D eigenvalue weighted by molar-refractivity contribution is 5.77. The number of rotatable bonds is 5. The highest BCUT2D eigenvalue weighted by Gasteiger charge is 2.31. The predicted molar refractivity (Wildman–Crippen MR) is 73.9 cm³/mol. The third-order valence-electron chi connectivity index (χ3n) is 2.95. The third-order valence-corrected chi connectivity index (χ3v) is 2.95. The van der Waals surface area contributed by atoms with Gasteiger partial charge >= 0.3 is 5.97 Å². The fourth-order valence-electron chi connectivity index (χ4n) is 1.96. The second-order valence-corrected chi connectivity index (χ2v) is 4.80. The topological polar surface area (TPSA) is 65.2 Å². The van der Waals surface area contributed by atoms with E-state index in [2.05, 4.69) is 10.1 Å². The molecule has 0 amide bonds. The van der Waals surface area contributed by atoms with E-state index in [0.717, 1.165) is 5.56 Å². The maximum Gasteiger partial charge on any atom is 0.318 e. The van der Waals surface area contributed by atoms with E-state index in [1.807, 2.05) is 44.2 Å². The first-order chi connectivity index (χ1) is 9.63. The molecule has 2 aromatic rings. The molecule has 0 saturated heterocycles. The number of nitrogens with zero attached hydrogens (tertiary/aromatic N) is 2. The molecule has 0 saturated carbocycles. The Morgan fingerprint density at radius 2 is 2.00 bits per heavy atom. The van der Waals surface area contributed by atoms with Crippen molar-refractivity contribution in [3.8, 4) is 11.4 Å². The summed E-state index contributed by atoms with van der Waals surface area (Å²) in [6, 6.07) is 9.50. The number of carbonyl (C=O) groups excluding carboxylic acids is 1. The summed E-state index contributed by atoms with van der Waals surface area (Å²) < 4.78 is 10.3. The minimum Gasteiger partial charge on any atom is -0.465 e. The van der Waals surface area contributed by atoms with Gasteiger partial charge in [-0.15, -0.1) is 0 Å². The normalized spacial score (nSPS) is 12.4. The summed E-state index contributed by atoms with van der Waals surface area (Å²) in [4.78, 5) is 16.3. The molecular weight excluding hydrogens is 256 g/mol. The molecule has 0 fully saturated rings. The van der Waals surface area contributed by atoms with Crippen LogP contribution >= 0.6 is 0 Å². The van der Waals surface area contributed by atoms with Gasteiger partial charge in [0, 0.05) is 5.56 Å². The van der Waals surface area contributed by atoms with Crippen molar-refractivity contribution in [1.29, 1.82) is 0 Å². The van der Waals surface area contributed by atoms with Crippen molar-refractivity contribution in [3.63, 3.8) is 0 Å². The first-order valence-electron chi connectivity index (χ1n) is 6.69. The molecule has 106 valence electrons. The number of esters is 1. The summed E-state index contributed by atoms with van der Waals surface area (Å²) in [5.74, 6) is -0.0448. The molecule has 2 rings (SSSR count). The maximum atomic E-state index is 12.0. The molecule has 0 N–H and O–H groups in total. The Morgan fingerprint density at radius 3 is 2.60 bits per heavy atom. The maximum absolute atomic E-state index is 12.0. The van der Waals surface area contributed by atoms with Crippen molar-refractivity contribution in [2.75, 3.05) is 6.61 Å². The van der Waals surface area contributed by atoms with Gasteiger partial charge in [-0.3, -0.25) is 4.79 Å². The Morgan fingerprint density at radius 1 is 1.30 bits per heavy atom. The lowest BCUT2D eigenvalue weighted by molar-refractivity contribution is -0.146. The zero-order valence-electron chi connectivity index (χ0n) is 11.9. The molecule has 1 atom stereocenters. The lowest BCUT2D eigenvalue weighted by Crippen LogP contribution is -2.21. The molecule has 0 bridgehead atoms. The minimum atomic E-state index is -0.528. The van der Waals surface area contributed by atoms with Crippen molar-refractivity contribution < 1.29 is 14.1 Å². The molecule has 1 heterocycles. The van der Waals surface area contributed by atoms with Crippen LogP contribution in [0.2, 0.25) is 0 Å². The monoisotopic (exact) mass is 274 g/mol. The Bertz CT molecular complexity index is 564. The summed E-state index contributed by atoms with van der Waals surface area (Å²) in [5.41, 5.74) is 0.855. The van der Waals surface area contributed by atoms with Crippen molar-refractivity contribution in [2.45, 2.75) is 26.7 Å². The molecule has 5 nitrogen and oxygen atoms in total. The third kappa shape index (κ3) is 3.04. The molecule has 0 aliphatic rings. The van der Waals surface area contributed by atoms with E-state index in [0.29, 0.717) is 18.3 Å². The van der Waals surface area contributed by atoms with Crippen LogP contribution in [-0.4, -0.2) is 22.7 Å². The molecule has 0 aliphatic carbocycles. The Labute approximate surface area is 118 Å². The van der Waals surface area contributed by atoms with Gasteiger partial charge in [-0.05, 0) is 12.8 Å². The number of hydrogen-bond donors (Lipinski definition) is 0. The van der Waals surface area contributed by atoms with Crippen LogP contribution in [-0.2, 0) is 9.53 Å². The summed E-state index contributed by atoms with van der Waals surface area (Å²) >= 11 is 0. The minimum absolute atomic E-state index is 0.0260. The smallest absolute Gasteiger partial charge is 0.318 e. The lowest BCUT2D eigenvalue weighted by atomic mass is 9.96. The van der Waals surface area contributed by atoms with Crippen molar-refractivity contribution in [1.82, 2.24) is 10.1 Å². The summed E-state index contributed by atoms with van der Waals surface area (Å²) in [5, 5.41) is 3.94. The predicted octanol–water partition coefficient (Wildman–Crippen LogP) is 3.04. The highest BCUT2D eigenvalue weighted by atomic mass is 16.5. The van der Waals surface area contributed by atoms with Crippen molar-refractivity contribution in [2.24, 2.45) is 5.92 Å². The molecule has 1 aromatic heterocycles. The fourth-order valence-corrected chi connectivity index (χ4v) is 1.96. The van der Waals surface area contributed by atoms with Crippen molar-refractivity contribution >= 4 is 5.97 Å². The quantitative estimate of drug-likeness (QED) is 0.784. The van der Waals surface area contributed by atoms with Gasteiger partial charge in [0.05, 0.1) is 6.61 Å². The molecule has 20 heavy (non-hydrogen) atoms. The van der Waals surface area contributed by atoms with Crippen molar-refractivity contribution in [3.05, 3.63) is 36.2 Å². The molecular formula is C15H18N2O3. The largest absolute Gasteiger partial charge is 0.465 e. The molecule has 0 spiro atoms. The fraction of sp³-hybridized carbons (Fsp3) is 0.400. The number of ether oxygens (including phenoxy) is 1. The average molecular weight is 274 g/mol. The SMILES string of the molecule is CCOC(=O)C(c1nc(-c2ccccc2)no1)C(C)C. The molecule has 1 aromatic carbocycles. The average Bonchev–Trinajstić information content (AvgIpc) is 2.89. The molecule has 5 heteroatoms. The van der Waals surface area contributed by atoms with Crippen LogP contribution < -0.4 is 0 Å². The Kier molecular flexibility index (Phi) is 4.50. The van der Waals surface area contributed by atoms with Gasteiger partial charge in [-0.1, -0.05) is 49.3 Å². The van der Waals surface area contributed by atoms with E-state index < -0.39 is 5.92 Å². The van der Waals surface area contributed by atoms with E-state index >= 15 is 0 Å². The van der Waals surface area contributed by atoms with Gasteiger partial charge in [0.25, 0.3) is 0 Å². The van der Waals surface area contributed by atoms with Crippen LogP contribution in [0, 0.1) is 5.92 Å². The first kappa shape index (κ1) is 14.2. The van der Waals surface area contributed by atoms with E-state index in [4.69, 9.17) is 9.26 Å². The van der Waals surface area contributed by atoms with Crippen LogP contribution in [0.4, 0.5) is 0 Å². The second kappa shape index (κ2) is 6.32. The summed E-state index contributed by atoms with van der Waals surface area (Å²) in [7, 11) is 0. The van der Waals surface area contributed by atoms with Gasteiger partial charge in [0.15, 0.2) is 0 Å². The van der Waals surface area contributed by atoms with E-state index in [-0.39, 0.29) is 11.9 Å². The summed E-state index contributed by atoms with van der Waals surface area (Å²) in [6.45, 7) is 5.96. The number of carbonyl (C=O) groups is 1. The molecule has 1 unspecified atom stereocenters. The van der Waals surface area contributed by atoms with Crippen LogP contribution in [0.25, 0.3) is 11.4 Å². The van der Waals surface area contributed by atoms with Crippen LogP contribution in [0.1, 0.15) is 32.6 Å². The van der Waals surface area contributed by atoms with Gasteiger partial charge in [0.1, 0.15) is 5.92 Å². The zero-order valence-corrected chi connectivity index (χ0v) is 11.9. The van der Waals surface area contributed by atoms with Gasteiger partial charge in [0.2, 0.25) is 11.7 Å². The van der Waals surface area contributed by atoms with Gasteiger partial charge in [-0.25, -0.2) is 0 Å². The lowest BCUT2D eigenvalue weighted by Gasteiger charge is -2.14. The number of hydrogen-bond acceptors (Lipinski definition) is 5. The van der Waals surface area contributed by atoms with E-state index in [1.165, 1.54) is 0 Å². The van der Waals surface area contributed by atoms with E-state index in [1.54, 1.807) is 6.92 Å². The summed E-state index contributed by atoms with van der Waals surface area (Å²) in [6.07, 6.45) is 0. The van der Waals surface area contributed by atoms with E-state index in [9.17, 15) is 4.79 Å². The second-order valence-electron chi connectivity index (χ2n) is 4.80. The molecule has 0 radical (unpaired) electrons. The van der Waals surface area contributed by atoms with Gasteiger partial charge in [-0.2, -0.15) is 4.98 Å². The zero-order chi connectivity index (χ0) is 14.5. The van der Waals surface area contributed by atoms with Crippen LogP contribution in [0.3, 0.4) is 0 Å². The Hall–Kier alpha value is -2.17. The highest BCUT2D eigenvalue weighted by Crippen LogP contribution is 2.26. The molecule has 0 aliphatic heterocycles. The number of benzene rings is 1. The Balaban J connectivity index is 2.28. The van der Waals surface area contributed by atoms with Crippen LogP contribution in [0.15, 0.2) is 34.9 Å². The van der Waals surface area contributed by atoms with Gasteiger partial charge < -0.3 is 9.26 Å². The first-order valence-corrected chi connectivity index (χ1v) is 6.69. The van der Waals surface area contributed by atoms with Crippen LogP contribution in [0.5, 0.6) is 0 Å². The number of aromatic nitrogens is 2. The standard InChI is InChI=1S/C15H18N2O3/c1-4-19-15(18)12(10(2)3)14-16-13(17-20-14)11-8-6-5-7-9-11/h5-10,12H,4H2,1-3H3.